The number of nitrogens with zero attached hydrogens (tertiary/aromatic N) is 1. The number of ether oxygens (including phenoxy) is 1. The molecule has 1 heterocycles. The maximum Gasteiger partial charge on any atom is 0.309 e. The van der Waals surface area contributed by atoms with Crippen LogP contribution in [-0.2, 0) is 16.1 Å². The fraction of sp³-hybridized carbons (Fsp3) is 0.737. The van der Waals surface area contributed by atoms with Gasteiger partial charge in [-0.25, -0.2) is 0 Å². The number of hydrogen-bond donors (Lipinski definition) is 1. The molecule has 0 aromatic carbocycles. The molecule has 0 aliphatic rings. The average Bonchev–Trinajstić information content (AvgIpc) is 2.53. The first-order valence-electron chi connectivity index (χ1n) is 9.28. The van der Waals surface area contributed by atoms with Crippen molar-refractivity contribution in [2.75, 3.05) is 6.61 Å². The van der Waals surface area contributed by atoms with E-state index in [0.29, 0.717) is 23.2 Å². The third-order valence-electron chi connectivity index (χ3n) is 4.30. The van der Waals surface area contributed by atoms with Crippen LogP contribution in [-0.4, -0.2) is 22.1 Å². The lowest BCUT2D eigenvalue weighted by Gasteiger charge is -2.21. The van der Waals surface area contributed by atoms with Crippen molar-refractivity contribution >= 4 is 30.4 Å². The first-order valence-corrected chi connectivity index (χ1v) is 10.1. The lowest BCUT2D eigenvalue weighted by atomic mass is 9.88. The first kappa shape index (κ1) is 22.0. The van der Waals surface area contributed by atoms with E-state index < -0.39 is 0 Å². The fourth-order valence-corrected chi connectivity index (χ4v) is 3.38. The predicted octanol–water partition coefficient (Wildman–Crippen LogP) is 5.70. The monoisotopic (exact) mass is 384 g/mol. The predicted molar refractivity (Wildman–Crippen MR) is 108 cm³/mol. The third-order valence-corrected chi connectivity index (χ3v) is 4.99. The number of aromatic nitrogens is 2. The van der Waals surface area contributed by atoms with Gasteiger partial charge in [-0.3, -0.25) is 4.79 Å². The summed E-state index contributed by atoms with van der Waals surface area (Å²) in [6.07, 6.45) is 6.72. The molecule has 0 amide bonds. The molecule has 0 saturated carbocycles. The van der Waals surface area contributed by atoms with Crippen molar-refractivity contribution in [3.8, 4) is 0 Å². The average molecular weight is 385 g/mol. The highest BCUT2D eigenvalue weighted by molar-refractivity contribution is 7.72. The molecule has 6 heteroatoms. The Bertz CT molecular complexity index is 607. The van der Waals surface area contributed by atoms with Crippen molar-refractivity contribution in [3.63, 3.8) is 0 Å². The third kappa shape index (κ3) is 8.27. The molecule has 0 fully saturated rings. The quantitative estimate of drug-likeness (QED) is 0.302. The van der Waals surface area contributed by atoms with Crippen molar-refractivity contribution < 1.29 is 9.53 Å². The van der Waals surface area contributed by atoms with E-state index in [0.717, 1.165) is 43.3 Å². The zero-order valence-electron chi connectivity index (χ0n) is 15.9. The van der Waals surface area contributed by atoms with E-state index in [1.54, 1.807) is 6.20 Å². The molecule has 1 aromatic rings. The summed E-state index contributed by atoms with van der Waals surface area (Å²) in [6, 6.07) is 1.85. The maximum atomic E-state index is 12.2. The summed E-state index contributed by atoms with van der Waals surface area (Å²) in [4.78, 5) is 15.2. The van der Waals surface area contributed by atoms with E-state index >= 15 is 0 Å². The summed E-state index contributed by atoms with van der Waals surface area (Å²) in [7, 11) is 0. The van der Waals surface area contributed by atoms with Gasteiger partial charge in [-0.2, -0.15) is 0 Å². The normalized spacial score (nSPS) is 12.6. The van der Waals surface area contributed by atoms with Crippen LogP contribution in [0, 0.1) is 27.2 Å². The van der Waals surface area contributed by atoms with Gasteiger partial charge in [0.05, 0.1) is 12.5 Å². The summed E-state index contributed by atoms with van der Waals surface area (Å²) in [6.45, 7) is 9.83. The largest absolute Gasteiger partial charge is 0.465 e. The molecular weight excluding hydrogens is 352 g/mol. The van der Waals surface area contributed by atoms with Gasteiger partial charge < -0.3 is 14.3 Å². The highest BCUT2D eigenvalue weighted by Gasteiger charge is 2.24. The standard InChI is InChI=1S/C19H32N2O2S2/c1-14(2)13-16(15(3)4)18(22)23-12-8-6-5-7-11-21-17(24)9-10-20-19(21)25/h9-10,14-16H,5-8,11-13H2,1-4H3,(H,20,25). The Balaban J connectivity index is 2.22. The molecule has 1 atom stereocenters. The smallest absolute Gasteiger partial charge is 0.309 e. The molecule has 0 aliphatic carbocycles. The second-order valence-electron chi connectivity index (χ2n) is 7.33. The molecular formula is C19H32N2O2S2. The number of rotatable bonds is 11. The van der Waals surface area contributed by atoms with Crippen molar-refractivity contribution in [2.24, 2.45) is 17.8 Å². The van der Waals surface area contributed by atoms with Crippen molar-refractivity contribution in [1.29, 1.82) is 0 Å². The highest BCUT2D eigenvalue weighted by Crippen LogP contribution is 2.21. The molecule has 1 aromatic heterocycles. The van der Waals surface area contributed by atoms with E-state index in [9.17, 15) is 4.79 Å². The minimum Gasteiger partial charge on any atom is -0.465 e. The molecule has 1 N–H and O–H groups in total. The molecule has 0 radical (unpaired) electrons. The summed E-state index contributed by atoms with van der Waals surface area (Å²) >= 11 is 10.5. The van der Waals surface area contributed by atoms with Gasteiger partial charge in [-0.15, -0.1) is 0 Å². The minimum atomic E-state index is -0.0365. The van der Waals surface area contributed by atoms with E-state index in [1.165, 1.54) is 0 Å². The first-order chi connectivity index (χ1) is 11.8. The van der Waals surface area contributed by atoms with Crippen LogP contribution >= 0.6 is 24.4 Å². The maximum absolute atomic E-state index is 12.2. The molecule has 25 heavy (non-hydrogen) atoms. The molecule has 142 valence electrons. The van der Waals surface area contributed by atoms with E-state index in [4.69, 9.17) is 29.2 Å². The molecule has 0 spiro atoms. The topological polar surface area (TPSA) is 47.0 Å². The van der Waals surface area contributed by atoms with Gasteiger partial charge in [0.1, 0.15) is 4.64 Å². The van der Waals surface area contributed by atoms with Crippen LogP contribution in [0.3, 0.4) is 0 Å². The van der Waals surface area contributed by atoms with Crippen LogP contribution < -0.4 is 0 Å². The van der Waals surface area contributed by atoms with E-state index in [1.807, 2.05) is 10.6 Å². The molecule has 1 unspecified atom stereocenters. The van der Waals surface area contributed by atoms with Crippen LogP contribution in [0.2, 0.25) is 0 Å². The Hall–Kier alpha value is -1.01. The van der Waals surface area contributed by atoms with Gasteiger partial charge in [-0.05, 0) is 55.8 Å². The second-order valence-corrected chi connectivity index (χ2v) is 8.14. The zero-order valence-corrected chi connectivity index (χ0v) is 17.5. The number of unbranched alkanes of at least 4 members (excludes halogenated alkanes) is 3. The number of hydrogen-bond acceptors (Lipinski definition) is 4. The Morgan fingerprint density at radius 2 is 1.84 bits per heavy atom. The van der Waals surface area contributed by atoms with Gasteiger partial charge in [0.15, 0.2) is 4.77 Å². The van der Waals surface area contributed by atoms with Crippen LogP contribution in [0.1, 0.15) is 59.8 Å². The van der Waals surface area contributed by atoms with Gasteiger partial charge in [0.25, 0.3) is 0 Å². The molecule has 0 bridgehead atoms. The minimum absolute atomic E-state index is 0.0154. The summed E-state index contributed by atoms with van der Waals surface area (Å²) in [5.74, 6) is 0.818. The Kier molecular flexibility index (Phi) is 10.2. The van der Waals surface area contributed by atoms with Crippen molar-refractivity contribution in [3.05, 3.63) is 21.7 Å². The van der Waals surface area contributed by atoms with Crippen molar-refractivity contribution in [2.45, 2.75) is 66.3 Å². The lowest BCUT2D eigenvalue weighted by molar-refractivity contribution is -0.151. The van der Waals surface area contributed by atoms with Gasteiger partial charge in [0.2, 0.25) is 0 Å². The van der Waals surface area contributed by atoms with E-state index in [-0.39, 0.29) is 11.9 Å². The van der Waals surface area contributed by atoms with Crippen LogP contribution in [0.5, 0.6) is 0 Å². The summed E-state index contributed by atoms with van der Waals surface area (Å²) < 4.78 is 8.87. The van der Waals surface area contributed by atoms with Gasteiger partial charge >= 0.3 is 5.97 Å². The Morgan fingerprint density at radius 3 is 2.44 bits per heavy atom. The molecule has 4 nitrogen and oxygen atoms in total. The Morgan fingerprint density at radius 1 is 1.16 bits per heavy atom. The van der Waals surface area contributed by atoms with Crippen molar-refractivity contribution in [1.82, 2.24) is 9.55 Å². The van der Waals surface area contributed by atoms with Crippen LogP contribution in [0.4, 0.5) is 0 Å². The lowest BCUT2D eigenvalue weighted by Crippen LogP contribution is -2.24. The van der Waals surface area contributed by atoms with Gasteiger partial charge in [-0.1, -0.05) is 46.3 Å². The summed E-state index contributed by atoms with van der Waals surface area (Å²) in [5, 5.41) is 0. The second kappa shape index (κ2) is 11.6. The molecule has 0 saturated heterocycles. The molecule has 1 rings (SSSR count). The Labute approximate surface area is 162 Å². The molecule has 0 aliphatic heterocycles. The highest BCUT2D eigenvalue weighted by atomic mass is 32.1. The van der Waals surface area contributed by atoms with Crippen LogP contribution in [0.25, 0.3) is 0 Å². The fourth-order valence-electron chi connectivity index (χ4n) is 2.82. The summed E-state index contributed by atoms with van der Waals surface area (Å²) in [5.41, 5.74) is 0. The SMILES string of the molecule is CC(C)CC(C(=O)OCCCCCCn1c(=S)cc[nH]c1=S)C(C)C. The number of nitrogens with one attached hydrogen (secondary N) is 1. The van der Waals surface area contributed by atoms with E-state index in [2.05, 4.69) is 32.7 Å². The number of aromatic amines is 1. The number of carbonyl (C=O) groups is 1. The number of H-pyrrole nitrogens is 1. The zero-order chi connectivity index (χ0) is 18.8. The van der Waals surface area contributed by atoms with Gasteiger partial charge in [0, 0.05) is 12.7 Å². The van der Waals surface area contributed by atoms with Crippen LogP contribution in [0.15, 0.2) is 12.3 Å². The number of esters is 1. The number of carbonyl (C=O) groups excluding carboxylic acids is 1.